The minimum Gasteiger partial charge on any atom is -0.492 e. The van der Waals surface area contributed by atoms with Gasteiger partial charge >= 0.3 is 0 Å². The molecule has 2 N–H and O–H groups in total. The standard InChI is InChI=1S/C29H32BrN3O3S/c1-3-5-6-10-18-36-26-17-16-21(20-25(26)30)27(34)32-29(37)31-23-13-11-12-22(19-23)28(35)33(4-2)24-14-8-7-9-15-24/h7-9,11-17,19-20H,3-6,10,18H2,1-2H3,(H2,31,32,34,37). The van der Waals surface area contributed by atoms with Crippen LogP contribution in [0.5, 0.6) is 5.75 Å². The first-order chi connectivity index (χ1) is 17.9. The number of anilines is 2. The highest BCUT2D eigenvalue weighted by molar-refractivity contribution is 9.10. The van der Waals surface area contributed by atoms with Gasteiger partial charge in [-0.1, -0.05) is 50.5 Å². The lowest BCUT2D eigenvalue weighted by molar-refractivity contribution is 0.0973. The van der Waals surface area contributed by atoms with Crippen LogP contribution in [0.25, 0.3) is 0 Å². The number of unbranched alkanes of at least 4 members (excludes halogenated alkanes) is 3. The first-order valence-electron chi connectivity index (χ1n) is 12.4. The van der Waals surface area contributed by atoms with Crippen molar-refractivity contribution in [3.05, 3.63) is 88.4 Å². The summed E-state index contributed by atoms with van der Waals surface area (Å²) in [5, 5.41) is 5.82. The number of benzene rings is 3. The quantitative estimate of drug-likeness (QED) is 0.185. The van der Waals surface area contributed by atoms with Crippen molar-refractivity contribution in [2.24, 2.45) is 0 Å². The molecule has 0 saturated carbocycles. The molecule has 3 aromatic carbocycles. The maximum atomic E-state index is 13.1. The lowest BCUT2D eigenvalue weighted by Gasteiger charge is -2.21. The topological polar surface area (TPSA) is 70.7 Å². The number of nitrogens with zero attached hydrogens (tertiary/aromatic N) is 1. The Hall–Kier alpha value is -3.23. The van der Waals surface area contributed by atoms with E-state index >= 15 is 0 Å². The average Bonchev–Trinajstić information content (AvgIpc) is 2.90. The Morgan fingerprint density at radius 1 is 0.919 bits per heavy atom. The Morgan fingerprint density at radius 3 is 2.41 bits per heavy atom. The molecule has 0 atom stereocenters. The number of hydrogen-bond donors (Lipinski definition) is 2. The second-order valence-corrected chi connectivity index (χ2v) is 9.69. The number of thiocarbonyl (C=S) groups is 1. The third-order valence-corrected chi connectivity index (χ3v) is 6.50. The molecule has 3 rings (SSSR count). The first-order valence-corrected chi connectivity index (χ1v) is 13.6. The van der Waals surface area contributed by atoms with Crippen LogP contribution in [-0.2, 0) is 0 Å². The summed E-state index contributed by atoms with van der Waals surface area (Å²) in [7, 11) is 0. The van der Waals surface area contributed by atoms with Gasteiger partial charge in [-0.3, -0.25) is 14.9 Å². The molecule has 0 aromatic heterocycles. The zero-order valence-electron chi connectivity index (χ0n) is 21.1. The zero-order chi connectivity index (χ0) is 26.6. The van der Waals surface area contributed by atoms with Gasteiger partial charge < -0.3 is 15.0 Å². The van der Waals surface area contributed by atoms with Gasteiger partial charge in [0.1, 0.15) is 5.75 Å². The summed E-state index contributed by atoms with van der Waals surface area (Å²) >= 11 is 8.83. The van der Waals surface area contributed by atoms with E-state index in [9.17, 15) is 9.59 Å². The minimum absolute atomic E-state index is 0.121. The fraction of sp³-hybridized carbons (Fsp3) is 0.276. The van der Waals surface area contributed by atoms with Crippen LogP contribution < -0.4 is 20.3 Å². The molecule has 194 valence electrons. The van der Waals surface area contributed by atoms with Gasteiger partial charge in [-0.15, -0.1) is 0 Å². The molecule has 0 fully saturated rings. The highest BCUT2D eigenvalue weighted by Crippen LogP contribution is 2.26. The van der Waals surface area contributed by atoms with E-state index in [4.69, 9.17) is 17.0 Å². The summed E-state index contributed by atoms with van der Waals surface area (Å²) in [5.74, 6) is 0.234. The number of rotatable bonds is 11. The Labute approximate surface area is 232 Å². The third kappa shape index (κ3) is 8.40. The van der Waals surface area contributed by atoms with E-state index in [2.05, 4.69) is 33.5 Å². The molecule has 0 spiro atoms. The van der Waals surface area contributed by atoms with Gasteiger partial charge in [0.15, 0.2) is 5.11 Å². The molecule has 6 nitrogen and oxygen atoms in total. The van der Waals surface area contributed by atoms with Crippen molar-refractivity contribution in [3.8, 4) is 5.75 Å². The smallest absolute Gasteiger partial charge is 0.258 e. The molecule has 0 unspecified atom stereocenters. The monoisotopic (exact) mass is 581 g/mol. The number of hydrogen-bond acceptors (Lipinski definition) is 4. The van der Waals surface area contributed by atoms with Crippen LogP contribution in [0, 0.1) is 0 Å². The van der Waals surface area contributed by atoms with Crippen molar-refractivity contribution in [1.82, 2.24) is 5.32 Å². The molecule has 0 bridgehead atoms. The van der Waals surface area contributed by atoms with Crippen LogP contribution in [0.3, 0.4) is 0 Å². The highest BCUT2D eigenvalue weighted by Gasteiger charge is 2.17. The van der Waals surface area contributed by atoms with Crippen LogP contribution in [-0.4, -0.2) is 30.1 Å². The van der Waals surface area contributed by atoms with Crippen molar-refractivity contribution in [2.75, 3.05) is 23.4 Å². The average molecular weight is 583 g/mol. The van der Waals surface area contributed by atoms with E-state index < -0.39 is 0 Å². The normalized spacial score (nSPS) is 10.5. The molecule has 0 aliphatic heterocycles. The van der Waals surface area contributed by atoms with Crippen molar-refractivity contribution >= 4 is 56.4 Å². The van der Waals surface area contributed by atoms with Crippen molar-refractivity contribution in [1.29, 1.82) is 0 Å². The van der Waals surface area contributed by atoms with E-state index in [1.807, 2.05) is 37.3 Å². The van der Waals surface area contributed by atoms with Crippen molar-refractivity contribution in [2.45, 2.75) is 39.5 Å². The molecule has 0 aliphatic carbocycles. The van der Waals surface area contributed by atoms with Gasteiger partial charge in [-0.25, -0.2) is 0 Å². The van der Waals surface area contributed by atoms with Crippen LogP contribution in [0.1, 0.15) is 60.2 Å². The van der Waals surface area contributed by atoms with E-state index in [1.165, 1.54) is 12.8 Å². The molecule has 0 heterocycles. The zero-order valence-corrected chi connectivity index (χ0v) is 23.5. The number of halogens is 1. The predicted molar refractivity (Wildman–Crippen MR) is 158 cm³/mol. The maximum Gasteiger partial charge on any atom is 0.258 e. The van der Waals surface area contributed by atoms with Crippen molar-refractivity contribution in [3.63, 3.8) is 0 Å². The lowest BCUT2D eigenvalue weighted by Crippen LogP contribution is -2.34. The Morgan fingerprint density at radius 2 is 1.70 bits per heavy atom. The van der Waals surface area contributed by atoms with Gasteiger partial charge in [0.05, 0.1) is 11.1 Å². The number of para-hydroxylation sites is 1. The van der Waals surface area contributed by atoms with Gasteiger partial charge in [0.25, 0.3) is 11.8 Å². The largest absolute Gasteiger partial charge is 0.492 e. The van der Waals surface area contributed by atoms with Gasteiger partial charge in [0.2, 0.25) is 0 Å². The molecule has 0 aliphatic rings. The Kier molecular flexibility index (Phi) is 11.1. The molecule has 3 aromatic rings. The molecule has 37 heavy (non-hydrogen) atoms. The Balaban J connectivity index is 1.58. The molecule has 8 heteroatoms. The summed E-state index contributed by atoms with van der Waals surface area (Å²) in [6.07, 6.45) is 4.51. The summed E-state index contributed by atoms with van der Waals surface area (Å²) in [4.78, 5) is 27.6. The number of ether oxygens (including phenoxy) is 1. The van der Waals surface area contributed by atoms with Crippen LogP contribution in [0.4, 0.5) is 11.4 Å². The van der Waals surface area contributed by atoms with E-state index in [-0.39, 0.29) is 16.9 Å². The summed E-state index contributed by atoms with van der Waals surface area (Å²) < 4.78 is 6.52. The summed E-state index contributed by atoms with van der Waals surface area (Å²) in [6, 6.07) is 21.7. The SMILES string of the molecule is CCCCCCOc1ccc(C(=O)NC(=S)Nc2cccc(C(=O)N(CC)c3ccccc3)c2)cc1Br. The Bertz CT molecular complexity index is 1220. The molecule has 0 radical (unpaired) electrons. The number of nitrogens with one attached hydrogen (secondary N) is 2. The maximum absolute atomic E-state index is 13.1. The second-order valence-electron chi connectivity index (χ2n) is 8.43. The van der Waals surface area contributed by atoms with Gasteiger partial charge in [0, 0.05) is 29.0 Å². The van der Waals surface area contributed by atoms with Crippen LogP contribution in [0.15, 0.2) is 77.3 Å². The summed E-state index contributed by atoms with van der Waals surface area (Å²) in [6.45, 7) is 5.28. The van der Waals surface area contributed by atoms with Gasteiger partial charge in [-0.2, -0.15) is 0 Å². The first kappa shape index (κ1) is 28.3. The molecule has 0 saturated heterocycles. The van der Waals surface area contributed by atoms with Crippen LogP contribution >= 0.6 is 28.1 Å². The van der Waals surface area contributed by atoms with E-state index in [1.54, 1.807) is 47.4 Å². The minimum atomic E-state index is -0.346. The van der Waals surface area contributed by atoms with Gasteiger partial charge in [-0.05, 0) is 90.0 Å². The summed E-state index contributed by atoms with van der Waals surface area (Å²) in [5.41, 5.74) is 2.39. The van der Waals surface area contributed by atoms with Crippen molar-refractivity contribution < 1.29 is 14.3 Å². The fourth-order valence-corrected chi connectivity index (χ4v) is 4.45. The third-order valence-electron chi connectivity index (χ3n) is 5.67. The highest BCUT2D eigenvalue weighted by atomic mass is 79.9. The second kappa shape index (κ2) is 14.5. The lowest BCUT2D eigenvalue weighted by atomic mass is 10.1. The molecular weight excluding hydrogens is 550 g/mol. The predicted octanol–water partition coefficient (Wildman–Crippen LogP) is 7.20. The fourth-order valence-electron chi connectivity index (χ4n) is 3.74. The van der Waals surface area contributed by atoms with E-state index in [0.29, 0.717) is 40.2 Å². The number of carbonyl (C=O) groups is 2. The number of carbonyl (C=O) groups excluding carboxylic acids is 2. The van der Waals surface area contributed by atoms with Crippen LogP contribution in [0.2, 0.25) is 0 Å². The van der Waals surface area contributed by atoms with E-state index in [0.717, 1.165) is 18.5 Å². The molecular formula is C29H32BrN3O3S. The number of amides is 2. The molecule has 2 amide bonds.